The van der Waals surface area contributed by atoms with Gasteiger partial charge in [-0.2, -0.15) is 0 Å². The lowest BCUT2D eigenvalue weighted by Crippen LogP contribution is -2.00. The molecule has 1 aromatic carbocycles. The molecule has 0 unspecified atom stereocenters. The molecular formula is C14H20ClNO. The molecule has 1 rings (SSSR count). The SMILES string of the molecule is CCCCCCCC(=O)c1ccc(Cl)c(N)c1. The van der Waals surface area contributed by atoms with Crippen LogP contribution >= 0.6 is 11.6 Å². The lowest BCUT2D eigenvalue weighted by molar-refractivity contribution is 0.0979. The van der Waals surface area contributed by atoms with Crippen LogP contribution < -0.4 is 5.73 Å². The summed E-state index contributed by atoms with van der Waals surface area (Å²) in [4.78, 5) is 11.8. The van der Waals surface area contributed by atoms with Gasteiger partial charge in [-0.25, -0.2) is 0 Å². The molecule has 3 heteroatoms. The molecule has 0 aromatic heterocycles. The van der Waals surface area contributed by atoms with Gasteiger partial charge in [0.05, 0.1) is 10.7 Å². The molecule has 0 radical (unpaired) electrons. The minimum atomic E-state index is 0.157. The van der Waals surface area contributed by atoms with Crippen molar-refractivity contribution >= 4 is 23.1 Å². The molecule has 17 heavy (non-hydrogen) atoms. The highest BCUT2D eigenvalue weighted by Gasteiger charge is 2.07. The molecule has 2 nitrogen and oxygen atoms in total. The van der Waals surface area contributed by atoms with E-state index in [1.54, 1.807) is 18.2 Å². The smallest absolute Gasteiger partial charge is 0.162 e. The molecule has 1 aromatic rings. The zero-order chi connectivity index (χ0) is 12.7. The van der Waals surface area contributed by atoms with E-state index in [2.05, 4.69) is 6.92 Å². The van der Waals surface area contributed by atoms with E-state index >= 15 is 0 Å². The summed E-state index contributed by atoms with van der Waals surface area (Å²) < 4.78 is 0. The number of Topliss-reactive ketones (excluding diaryl/α,β-unsaturated/α-hetero) is 1. The van der Waals surface area contributed by atoms with Crippen molar-refractivity contribution in [3.05, 3.63) is 28.8 Å². The van der Waals surface area contributed by atoms with Gasteiger partial charge < -0.3 is 5.73 Å². The molecule has 0 heterocycles. The van der Waals surface area contributed by atoms with Gasteiger partial charge in [0.2, 0.25) is 0 Å². The van der Waals surface area contributed by atoms with E-state index in [1.807, 2.05) is 0 Å². The standard InChI is InChI=1S/C14H20ClNO/c1-2-3-4-5-6-7-14(17)11-8-9-12(15)13(16)10-11/h8-10H,2-7,16H2,1H3. The van der Waals surface area contributed by atoms with Crippen LogP contribution in [-0.4, -0.2) is 5.78 Å². The van der Waals surface area contributed by atoms with Crippen molar-refractivity contribution in [1.29, 1.82) is 0 Å². The predicted molar refractivity (Wildman–Crippen MR) is 73.6 cm³/mol. The van der Waals surface area contributed by atoms with Crippen LogP contribution in [0.2, 0.25) is 5.02 Å². The zero-order valence-corrected chi connectivity index (χ0v) is 11.1. The third-order valence-electron chi connectivity index (χ3n) is 2.83. The average molecular weight is 254 g/mol. The second-order valence-corrected chi connectivity index (χ2v) is 4.73. The molecule has 0 aliphatic heterocycles. The molecule has 0 aliphatic carbocycles. The van der Waals surface area contributed by atoms with E-state index in [0.29, 0.717) is 22.7 Å². The van der Waals surface area contributed by atoms with Crippen LogP contribution in [0.3, 0.4) is 0 Å². The lowest BCUT2D eigenvalue weighted by Gasteiger charge is -2.03. The number of nitrogens with two attached hydrogens (primary N) is 1. The Hall–Kier alpha value is -1.02. The molecule has 0 aliphatic rings. The number of halogens is 1. The molecule has 0 spiro atoms. The summed E-state index contributed by atoms with van der Waals surface area (Å²) in [6.07, 6.45) is 6.38. The van der Waals surface area contributed by atoms with Crippen LogP contribution in [0.4, 0.5) is 5.69 Å². The summed E-state index contributed by atoms with van der Waals surface area (Å²) in [6, 6.07) is 5.09. The molecule has 0 saturated carbocycles. The van der Waals surface area contributed by atoms with Gasteiger partial charge in [-0.3, -0.25) is 4.79 Å². The van der Waals surface area contributed by atoms with Crippen molar-refractivity contribution in [2.24, 2.45) is 0 Å². The Morgan fingerprint density at radius 3 is 2.59 bits per heavy atom. The summed E-state index contributed by atoms with van der Waals surface area (Å²) in [5, 5.41) is 0.504. The van der Waals surface area contributed by atoms with Crippen molar-refractivity contribution in [2.45, 2.75) is 45.4 Å². The number of nitrogen functional groups attached to an aromatic ring is 1. The first-order valence-electron chi connectivity index (χ1n) is 6.23. The number of benzene rings is 1. The number of carbonyl (C=O) groups is 1. The molecule has 0 atom stereocenters. The van der Waals surface area contributed by atoms with E-state index in [4.69, 9.17) is 17.3 Å². The first kappa shape index (κ1) is 14.0. The zero-order valence-electron chi connectivity index (χ0n) is 10.3. The number of rotatable bonds is 7. The van der Waals surface area contributed by atoms with Crippen LogP contribution in [-0.2, 0) is 0 Å². The maximum atomic E-state index is 11.8. The lowest BCUT2D eigenvalue weighted by atomic mass is 10.0. The van der Waals surface area contributed by atoms with E-state index < -0.39 is 0 Å². The van der Waals surface area contributed by atoms with Crippen molar-refractivity contribution in [1.82, 2.24) is 0 Å². The summed E-state index contributed by atoms with van der Waals surface area (Å²) in [6.45, 7) is 2.18. The first-order chi connectivity index (χ1) is 8.15. The second-order valence-electron chi connectivity index (χ2n) is 4.32. The highest BCUT2D eigenvalue weighted by molar-refractivity contribution is 6.33. The highest BCUT2D eigenvalue weighted by Crippen LogP contribution is 2.20. The maximum Gasteiger partial charge on any atom is 0.162 e. The monoisotopic (exact) mass is 253 g/mol. The third-order valence-corrected chi connectivity index (χ3v) is 3.17. The van der Waals surface area contributed by atoms with Gasteiger partial charge in [-0.15, -0.1) is 0 Å². The van der Waals surface area contributed by atoms with Gasteiger partial charge >= 0.3 is 0 Å². The van der Waals surface area contributed by atoms with Gasteiger partial charge in [0.1, 0.15) is 0 Å². The molecule has 0 amide bonds. The second kappa shape index (κ2) is 7.33. The van der Waals surface area contributed by atoms with Gasteiger partial charge in [0, 0.05) is 12.0 Å². The van der Waals surface area contributed by atoms with E-state index in [-0.39, 0.29) is 5.78 Å². The molecule has 94 valence electrons. The fourth-order valence-electron chi connectivity index (χ4n) is 1.75. The minimum Gasteiger partial charge on any atom is -0.398 e. The number of hydrogen-bond donors (Lipinski definition) is 1. The predicted octanol–water partition coefficient (Wildman–Crippen LogP) is 4.47. The van der Waals surface area contributed by atoms with Crippen LogP contribution in [0.5, 0.6) is 0 Å². The molecule has 0 fully saturated rings. The molecule has 0 bridgehead atoms. The van der Waals surface area contributed by atoms with Crippen LogP contribution in [0, 0.1) is 0 Å². The van der Waals surface area contributed by atoms with E-state index in [0.717, 1.165) is 12.8 Å². The minimum absolute atomic E-state index is 0.157. The molecule has 0 saturated heterocycles. The third kappa shape index (κ3) is 4.78. The Kier molecular flexibility index (Phi) is 6.06. The van der Waals surface area contributed by atoms with E-state index in [1.165, 1.54) is 19.3 Å². The van der Waals surface area contributed by atoms with Crippen molar-refractivity contribution < 1.29 is 4.79 Å². The van der Waals surface area contributed by atoms with Gasteiger partial charge in [0.25, 0.3) is 0 Å². The fraction of sp³-hybridized carbons (Fsp3) is 0.500. The maximum absolute atomic E-state index is 11.8. The Morgan fingerprint density at radius 1 is 1.24 bits per heavy atom. The summed E-state index contributed by atoms with van der Waals surface area (Å²) in [7, 11) is 0. The highest BCUT2D eigenvalue weighted by atomic mass is 35.5. The summed E-state index contributed by atoms with van der Waals surface area (Å²) in [5.74, 6) is 0.157. The van der Waals surface area contributed by atoms with Crippen molar-refractivity contribution in [2.75, 3.05) is 5.73 Å². The van der Waals surface area contributed by atoms with Crippen LogP contribution in [0.15, 0.2) is 18.2 Å². The number of anilines is 1. The summed E-state index contributed by atoms with van der Waals surface area (Å²) >= 11 is 5.81. The quantitative estimate of drug-likeness (QED) is 0.443. The van der Waals surface area contributed by atoms with Gasteiger partial charge in [0.15, 0.2) is 5.78 Å². The number of unbranched alkanes of at least 4 members (excludes halogenated alkanes) is 4. The number of ketones is 1. The van der Waals surface area contributed by atoms with Crippen molar-refractivity contribution in [3.8, 4) is 0 Å². The largest absolute Gasteiger partial charge is 0.398 e. The normalized spacial score (nSPS) is 10.5. The molecule has 2 N–H and O–H groups in total. The van der Waals surface area contributed by atoms with Gasteiger partial charge in [-0.05, 0) is 24.6 Å². The Bertz CT molecular complexity index is 376. The average Bonchev–Trinajstić information content (AvgIpc) is 2.32. The summed E-state index contributed by atoms with van der Waals surface area (Å²) in [5.41, 5.74) is 6.81. The fourth-order valence-corrected chi connectivity index (χ4v) is 1.87. The van der Waals surface area contributed by atoms with Crippen LogP contribution in [0.1, 0.15) is 55.8 Å². The number of carbonyl (C=O) groups excluding carboxylic acids is 1. The van der Waals surface area contributed by atoms with Crippen LogP contribution in [0.25, 0.3) is 0 Å². The Balaban J connectivity index is 2.39. The molecular weight excluding hydrogens is 234 g/mol. The topological polar surface area (TPSA) is 43.1 Å². The van der Waals surface area contributed by atoms with Crippen molar-refractivity contribution in [3.63, 3.8) is 0 Å². The Morgan fingerprint density at radius 2 is 1.94 bits per heavy atom. The first-order valence-corrected chi connectivity index (χ1v) is 6.61. The Labute approximate surface area is 108 Å². The van der Waals surface area contributed by atoms with Gasteiger partial charge in [-0.1, -0.05) is 44.2 Å². The number of hydrogen-bond acceptors (Lipinski definition) is 2. The van der Waals surface area contributed by atoms with E-state index in [9.17, 15) is 4.79 Å².